The van der Waals surface area contributed by atoms with Crippen molar-refractivity contribution >= 4 is 7.60 Å². The number of halogens is 2. The van der Waals surface area contributed by atoms with Crippen LogP contribution in [0.25, 0.3) is 0 Å². The largest absolute Gasteiger partial charge is 0.398 e. The van der Waals surface area contributed by atoms with Gasteiger partial charge < -0.3 is 0 Å². The summed E-state index contributed by atoms with van der Waals surface area (Å²) in [7, 11) is -4.19. The van der Waals surface area contributed by atoms with E-state index in [1.807, 2.05) is 6.08 Å². The normalized spacial score (nSPS) is 17.2. The molecule has 0 aromatic rings. The molecule has 0 aromatic carbocycles. The minimum atomic E-state index is -4.19. The Labute approximate surface area is 74.4 Å². The first-order valence-corrected chi connectivity index (χ1v) is 5.47. The zero-order chi connectivity index (χ0) is 9.73. The highest BCUT2D eigenvalue weighted by molar-refractivity contribution is 7.53. The van der Waals surface area contributed by atoms with Crippen LogP contribution >= 0.6 is 7.60 Å². The molecule has 0 fully saturated rings. The van der Waals surface area contributed by atoms with E-state index >= 15 is 0 Å². The lowest BCUT2D eigenvalue weighted by molar-refractivity contribution is -0.0868. The smallest absolute Gasteiger partial charge is 0.254 e. The first-order valence-electron chi connectivity index (χ1n) is 3.74. The van der Waals surface area contributed by atoms with Gasteiger partial charge in [0.15, 0.2) is 0 Å². The number of hydrogen-bond acceptors (Lipinski definition) is 3. The van der Waals surface area contributed by atoms with Crippen molar-refractivity contribution < 1.29 is 23.1 Å². The van der Waals surface area contributed by atoms with E-state index in [1.165, 1.54) is 0 Å². The first-order chi connectivity index (χ1) is 6.20. The van der Waals surface area contributed by atoms with E-state index in [1.54, 1.807) is 12.2 Å². The van der Waals surface area contributed by atoms with E-state index in [0.29, 0.717) is 12.0 Å². The van der Waals surface area contributed by atoms with Crippen molar-refractivity contribution in [2.24, 2.45) is 0 Å². The lowest BCUT2D eigenvalue weighted by atomic mass is 10.1. The zero-order valence-corrected chi connectivity index (χ0v) is 7.68. The molecular formula is C7H9F2O3P. The summed E-state index contributed by atoms with van der Waals surface area (Å²) in [6.45, 7) is 0. The van der Waals surface area contributed by atoms with Crippen LogP contribution in [-0.2, 0) is 14.0 Å². The number of hydrogen-bond donors (Lipinski definition) is 0. The molecule has 0 radical (unpaired) electrons. The summed E-state index contributed by atoms with van der Waals surface area (Å²) in [6.07, 6.45) is 6.33. The lowest BCUT2D eigenvalue weighted by Crippen LogP contribution is -1.97. The molecule has 0 spiro atoms. The highest BCUT2D eigenvalue weighted by Crippen LogP contribution is 2.51. The lowest BCUT2D eigenvalue weighted by Gasteiger charge is -2.11. The predicted octanol–water partition coefficient (Wildman–Crippen LogP) is 3.26. The maximum Gasteiger partial charge on any atom is 0.398 e. The molecule has 0 bridgehead atoms. The monoisotopic (exact) mass is 210 g/mol. The average Bonchev–Trinajstić information content (AvgIpc) is 2.19. The third-order valence-electron chi connectivity index (χ3n) is 1.71. The maximum absolute atomic E-state index is 11.6. The maximum atomic E-state index is 11.6. The van der Waals surface area contributed by atoms with Gasteiger partial charge in [-0.05, 0) is 21.9 Å². The van der Waals surface area contributed by atoms with Gasteiger partial charge >= 0.3 is 7.60 Å². The molecule has 6 heteroatoms. The van der Waals surface area contributed by atoms with Crippen LogP contribution in [0.15, 0.2) is 23.8 Å². The summed E-state index contributed by atoms with van der Waals surface area (Å²) in [5.74, 6) is 0. The molecule has 0 amide bonds. The van der Waals surface area contributed by atoms with Crippen LogP contribution < -0.4 is 0 Å². The van der Waals surface area contributed by atoms with Gasteiger partial charge in [0.2, 0.25) is 0 Å². The fraction of sp³-hybridized carbons (Fsp3) is 0.429. The van der Waals surface area contributed by atoms with Gasteiger partial charge in [-0.1, -0.05) is 23.8 Å². The molecule has 0 aromatic heterocycles. The average molecular weight is 210 g/mol. The minimum absolute atomic E-state index is 0.343. The van der Waals surface area contributed by atoms with Crippen molar-refractivity contribution in [2.75, 3.05) is 6.16 Å². The molecule has 1 aliphatic rings. The Kier molecular flexibility index (Phi) is 3.78. The molecule has 0 heterocycles. The van der Waals surface area contributed by atoms with Crippen LogP contribution in [0.5, 0.6) is 0 Å². The van der Waals surface area contributed by atoms with Crippen LogP contribution in [0.3, 0.4) is 0 Å². The molecule has 0 saturated carbocycles. The van der Waals surface area contributed by atoms with Crippen molar-refractivity contribution in [3.8, 4) is 0 Å². The summed E-state index contributed by atoms with van der Waals surface area (Å²) in [4.78, 5) is 0. The molecule has 0 atom stereocenters. The molecule has 0 saturated heterocycles. The summed E-state index contributed by atoms with van der Waals surface area (Å²) >= 11 is 0. The van der Waals surface area contributed by atoms with Crippen molar-refractivity contribution in [1.29, 1.82) is 0 Å². The Hall–Kier alpha value is -0.510. The Morgan fingerprint density at radius 3 is 2.62 bits per heavy atom. The van der Waals surface area contributed by atoms with Gasteiger partial charge in [0.1, 0.15) is 0 Å². The van der Waals surface area contributed by atoms with E-state index < -0.39 is 7.60 Å². The highest BCUT2D eigenvalue weighted by atomic mass is 31.2. The van der Waals surface area contributed by atoms with Gasteiger partial charge in [-0.25, -0.2) is 0 Å². The van der Waals surface area contributed by atoms with Gasteiger partial charge in [-0.3, -0.25) is 4.57 Å². The van der Waals surface area contributed by atoms with E-state index in [-0.39, 0.29) is 6.16 Å². The van der Waals surface area contributed by atoms with Gasteiger partial charge in [-0.2, -0.15) is 0 Å². The summed E-state index contributed by atoms with van der Waals surface area (Å²) in [5, 5.41) is 0. The topological polar surface area (TPSA) is 35.5 Å². The third kappa shape index (κ3) is 3.03. The first kappa shape index (κ1) is 10.6. The molecule has 1 aliphatic carbocycles. The fourth-order valence-electron chi connectivity index (χ4n) is 1.09. The predicted molar refractivity (Wildman–Crippen MR) is 43.3 cm³/mol. The van der Waals surface area contributed by atoms with E-state index in [4.69, 9.17) is 0 Å². The molecule has 74 valence electrons. The van der Waals surface area contributed by atoms with Crippen molar-refractivity contribution in [1.82, 2.24) is 0 Å². The number of allylic oxidation sites excluding steroid dienone is 4. The van der Waals surface area contributed by atoms with Gasteiger partial charge in [0, 0.05) is 0 Å². The van der Waals surface area contributed by atoms with E-state index in [9.17, 15) is 13.6 Å². The van der Waals surface area contributed by atoms with Crippen LogP contribution in [0.4, 0.5) is 9.05 Å². The molecule has 0 aliphatic heterocycles. The van der Waals surface area contributed by atoms with Crippen LogP contribution in [0.2, 0.25) is 0 Å². The second-order valence-electron chi connectivity index (χ2n) is 2.70. The molecule has 0 unspecified atom stereocenters. The number of rotatable bonds is 4. The standard InChI is InChI=1S/C7H9F2O3P/c8-11-13(10,12-9)6-7-4-2-1-3-5-7/h1-2,4H,3,5-6H2. The van der Waals surface area contributed by atoms with Crippen molar-refractivity contribution in [3.63, 3.8) is 0 Å². The molecular weight excluding hydrogens is 201 g/mol. The van der Waals surface area contributed by atoms with Gasteiger partial charge in [0.25, 0.3) is 0 Å². The van der Waals surface area contributed by atoms with E-state index in [2.05, 4.69) is 9.46 Å². The van der Waals surface area contributed by atoms with Crippen molar-refractivity contribution in [3.05, 3.63) is 23.8 Å². The minimum Gasteiger partial charge on any atom is -0.254 e. The molecule has 3 nitrogen and oxygen atoms in total. The fourth-order valence-corrected chi connectivity index (χ4v) is 1.97. The zero-order valence-electron chi connectivity index (χ0n) is 6.78. The molecule has 0 N–H and O–H groups in total. The Balaban J connectivity index is 2.61. The van der Waals surface area contributed by atoms with Crippen LogP contribution in [0, 0.1) is 0 Å². The molecule has 13 heavy (non-hydrogen) atoms. The van der Waals surface area contributed by atoms with Crippen LogP contribution in [0.1, 0.15) is 12.8 Å². The Bertz CT molecular complexity index is 267. The third-order valence-corrected chi connectivity index (χ3v) is 2.92. The Morgan fingerprint density at radius 1 is 1.46 bits per heavy atom. The van der Waals surface area contributed by atoms with Gasteiger partial charge in [0.05, 0.1) is 6.16 Å². The highest BCUT2D eigenvalue weighted by Gasteiger charge is 2.28. The quantitative estimate of drug-likeness (QED) is 0.668. The van der Waals surface area contributed by atoms with Gasteiger partial charge in [-0.15, -0.1) is 9.46 Å². The second kappa shape index (κ2) is 4.65. The Morgan fingerprint density at radius 2 is 2.15 bits per heavy atom. The van der Waals surface area contributed by atoms with E-state index in [0.717, 1.165) is 6.42 Å². The SMILES string of the molecule is O=P(CC1=CC=CCC1)(OF)OF. The summed E-state index contributed by atoms with van der Waals surface area (Å²) in [5.41, 5.74) is 0.654. The van der Waals surface area contributed by atoms with Crippen molar-refractivity contribution in [2.45, 2.75) is 12.8 Å². The summed E-state index contributed by atoms with van der Waals surface area (Å²) < 4.78 is 40.2. The van der Waals surface area contributed by atoms with Crippen LogP contribution in [-0.4, -0.2) is 6.16 Å². The summed E-state index contributed by atoms with van der Waals surface area (Å²) in [6, 6.07) is 0. The second-order valence-corrected chi connectivity index (χ2v) is 4.51. The molecule has 1 rings (SSSR count).